The molecule has 0 aliphatic rings. The van der Waals surface area contributed by atoms with Crippen molar-refractivity contribution in [3.05, 3.63) is 0 Å². The van der Waals surface area contributed by atoms with E-state index in [1.807, 2.05) is 0 Å². The van der Waals surface area contributed by atoms with Gasteiger partial charge < -0.3 is 4.48 Å². The minimum absolute atomic E-state index is 0.384. The van der Waals surface area contributed by atoms with E-state index in [0.29, 0.717) is 5.54 Å². The summed E-state index contributed by atoms with van der Waals surface area (Å²) in [6.45, 7) is 21.8. The van der Waals surface area contributed by atoms with E-state index in [4.69, 9.17) is 0 Å². The normalized spacial score (nSPS) is 20.8. The first-order valence-corrected chi connectivity index (χ1v) is 8.00. The summed E-state index contributed by atoms with van der Waals surface area (Å²) in [5.41, 5.74) is 0.384. The van der Waals surface area contributed by atoms with E-state index in [2.05, 4.69) is 62.4 Å². The molecule has 3 unspecified atom stereocenters. The molecular formula is C17H38N+. The Morgan fingerprint density at radius 1 is 1.00 bits per heavy atom. The van der Waals surface area contributed by atoms with Crippen molar-refractivity contribution in [2.75, 3.05) is 20.1 Å². The highest BCUT2D eigenvalue weighted by Crippen LogP contribution is 2.40. The van der Waals surface area contributed by atoms with E-state index >= 15 is 0 Å². The third-order valence-corrected chi connectivity index (χ3v) is 5.43. The molecule has 0 aliphatic carbocycles. The van der Waals surface area contributed by atoms with Gasteiger partial charge in [0.15, 0.2) is 0 Å². The molecule has 0 aromatic carbocycles. The van der Waals surface area contributed by atoms with Crippen LogP contribution >= 0.6 is 0 Å². The molecule has 18 heavy (non-hydrogen) atoms. The minimum atomic E-state index is 0.384. The van der Waals surface area contributed by atoms with Crippen LogP contribution in [0.3, 0.4) is 0 Å². The Balaban J connectivity index is 5.48. The maximum absolute atomic E-state index is 2.53. The molecule has 0 bridgehead atoms. The molecule has 0 aromatic heterocycles. The summed E-state index contributed by atoms with van der Waals surface area (Å²) in [5.74, 6) is 2.26. The maximum Gasteiger partial charge on any atom is 0.101 e. The molecule has 0 aliphatic heterocycles. The van der Waals surface area contributed by atoms with Crippen LogP contribution in [-0.4, -0.2) is 30.2 Å². The zero-order chi connectivity index (χ0) is 14.6. The number of hydrogen-bond acceptors (Lipinski definition) is 0. The molecule has 0 amide bonds. The molecule has 0 rings (SSSR count). The lowest BCUT2D eigenvalue weighted by molar-refractivity contribution is -0.968. The van der Waals surface area contributed by atoms with Crippen molar-refractivity contribution in [2.45, 2.75) is 73.8 Å². The second-order valence-electron chi connectivity index (χ2n) is 7.39. The van der Waals surface area contributed by atoms with Crippen LogP contribution in [0.5, 0.6) is 0 Å². The van der Waals surface area contributed by atoms with Gasteiger partial charge in [-0.3, -0.25) is 0 Å². The summed E-state index contributed by atoms with van der Waals surface area (Å²) in [4.78, 5) is 0. The van der Waals surface area contributed by atoms with E-state index in [0.717, 1.165) is 17.8 Å². The molecule has 0 saturated heterocycles. The average Bonchev–Trinajstić information content (AvgIpc) is 2.25. The fourth-order valence-electron chi connectivity index (χ4n) is 3.97. The molecule has 110 valence electrons. The lowest BCUT2D eigenvalue weighted by Crippen LogP contribution is -2.67. The number of hydrogen-bond donors (Lipinski definition) is 0. The van der Waals surface area contributed by atoms with Gasteiger partial charge >= 0.3 is 0 Å². The summed E-state index contributed by atoms with van der Waals surface area (Å²) in [5, 5.41) is 0. The number of rotatable bonds is 8. The summed E-state index contributed by atoms with van der Waals surface area (Å²) < 4.78 is 1.23. The molecule has 0 N–H and O–H groups in total. The van der Waals surface area contributed by atoms with Crippen molar-refractivity contribution >= 4 is 0 Å². The fourth-order valence-corrected chi connectivity index (χ4v) is 3.97. The Hall–Kier alpha value is -0.0400. The summed E-state index contributed by atoms with van der Waals surface area (Å²) >= 11 is 0. The fraction of sp³-hybridized carbons (Fsp3) is 1.00. The van der Waals surface area contributed by atoms with E-state index in [9.17, 15) is 0 Å². The smallest absolute Gasteiger partial charge is 0.101 e. The molecule has 0 saturated carbocycles. The van der Waals surface area contributed by atoms with Crippen molar-refractivity contribution < 1.29 is 4.48 Å². The lowest BCUT2D eigenvalue weighted by Gasteiger charge is -2.55. The van der Waals surface area contributed by atoms with Gasteiger partial charge in [-0.05, 0) is 19.8 Å². The van der Waals surface area contributed by atoms with Crippen LogP contribution in [0.2, 0.25) is 0 Å². The first-order chi connectivity index (χ1) is 8.15. The van der Waals surface area contributed by atoms with Crippen LogP contribution in [0.25, 0.3) is 0 Å². The quantitative estimate of drug-likeness (QED) is 0.538. The Morgan fingerprint density at radius 2 is 1.50 bits per heavy atom. The van der Waals surface area contributed by atoms with Crippen molar-refractivity contribution in [3.63, 3.8) is 0 Å². The molecule has 0 radical (unpaired) electrons. The molecule has 0 fully saturated rings. The van der Waals surface area contributed by atoms with E-state index in [1.54, 1.807) is 0 Å². The first kappa shape index (κ1) is 18.0. The molecular weight excluding hydrogens is 218 g/mol. The SMILES string of the molecule is CCC[N+](C)(CC(C)C)C(C)(C(C)C)C(C)CC. The van der Waals surface area contributed by atoms with Gasteiger partial charge in [-0.15, -0.1) is 0 Å². The zero-order valence-electron chi connectivity index (χ0n) is 14.5. The third-order valence-electron chi connectivity index (χ3n) is 5.43. The minimum Gasteiger partial charge on any atom is -0.321 e. The summed E-state index contributed by atoms with van der Waals surface area (Å²) in [7, 11) is 2.50. The van der Waals surface area contributed by atoms with Gasteiger partial charge in [0.05, 0.1) is 20.1 Å². The largest absolute Gasteiger partial charge is 0.321 e. The van der Waals surface area contributed by atoms with Gasteiger partial charge in [0, 0.05) is 17.8 Å². The van der Waals surface area contributed by atoms with Gasteiger partial charge in [-0.2, -0.15) is 0 Å². The predicted octanol–water partition coefficient (Wildman–Crippen LogP) is 4.96. The first-order valence-electron chi connectivity index (χ1n) is 8.00. The highest BCUT2D eigenvalue weighted by Gasteiger charge is 2.49. The lowest BCUT2D eigenvalue weighted by atomic mass is 9.73. The van der Waals surface area contributed by atoms with Crippen molar-refractivity contribution in [3.8, 4) is 0 Å². The number of quaternary nitrogens is 1. The Bertz CT molecular complexity index is 234. The molecule has 1 nitrogen and oxygen atoms in total. The van der Waals surface area contributed by atoms with Crippen LogP contribution in [0.15, 0.2) is 0 Å². The Morgan fingerprint density at radius 3 is 1.78 bits per heavy atom. The van der Waals surface area contributed by atoms with Crippen LogP contribution in [0, 0.1) is 17.8 Å². The van der Waals surface area contributed by atoms with E-state index < -0.39 is 0 Å². The Labute approximate surface area is 117 Å². The van der Waals surface area contributed by atoms with Crippen LogP contribution in [0.1, 0.15) is 68.2 Å². The van der Waals surface area contributed by atoms with Crippen molar-refractivity contribution in [1.82, 2.24) is 0 Å². The monoisotopic (exact) mass is 256 g/mol. The predicted molar refractivity (Wildman–Crippen MR) is 83.7 cm³/mol. The van der Waals surface area contributed by atoms with Gasteiger partial charge in [0.1, 0.15) is 5.54 Å². The van der Waals surface area contributed by atoms with Crippen molar-refractivity contribution in [2.24, 2.45) is 17.8 Å². The highest BCUT2D eigenvalue weighted by atomic mass is 15.4. The molecule has 1 heteroatoms. The van der Waals surface area contributed by atoms with Gasteiger partial charge in [-0.25, -0.2) is 0 Å². The summed E-state index contributed by atoms with van der Waals surface area (Å²) in [6.07, 6.45) is 2.56. The molecule has 0 aromatic rings. The molecule has 0 spiro atoms. The van der Waals surface area contributed by atoms with Gasteiger partial charge in [-0.1, -0.05) is 48.5 Å². The standard InChI is InChI=1S/C17H38N/c1-10-12-18(9,13-14(3)4)17(8,15(5)6)16(7)11-2/h14-16H,10-13H2,1-9H3/q+1. The average molecular weight is 256 g/mol. The van der Waals surface area contributed by atoms with Gasteiger partial charge in [0.2, 0.25) is 0 Å². The van der Waals surface area contributed by atoms with Crippen LogP contribution in [-0.2, 0) is 0 Å². The van der Waals surface area contributed by atoms with E-state index in [1.165, 1.54) is 30.4 Å². The van der Waals surface area contributed by atoms with Crippen LogP contribution in [0.4, 0.5) is 0 Å². The highest BCUT2D eigenvalue weighted by molar-refractivity contribution is 4.85. The third kappa shape index (κ3) is 3.50. The molecule has 0 heterocycles. The topological polar surface area (TPSA) is 0 Å². The van der Waals surface area contributed by atoms with Gasteiger partial charge in [0.25, 0.3) is 0 Å². The Kier molecular flexibility index (Phi) is 6.92. The second kappa shape index (κ2) is 6.93. The van der Waals surface area contributed by atoms with Crippen LogP contribution < -0.4 is 0 Å². The second-order valence-corrected chi connectivity index (χ2v) is 7.39. The molecule has 3 atom stereocenters. The number of nitrogens with zero attached hydrogens (tertiary/aromatic N) is 1. The zero-order valence-corrected chi connectivity index (χ0v) is 14.5. The van der Waals surface area contributed by atoms with E-state index in [-0.39, 0.29) is 0 Å². The maximum atomic E-state index is 2.53. The summed E-state index contributed by atoms with van der Waals surface area (Å²) in [6, 6.07) is 0. The van der Waals surface area contributed by atoms with Crippen molar-refractivity contribution in [1.29, 1.82) is 0 Å².